The fraction of sp³-hybridized carbons (Fsp3) is 0.174. The Hall–Kier alpha value is -3.65. The van der Waals surface area contributed by atoms with E-state index in [-0.39, 0.29) is 12.3 Å². The molecule has 4 rings (SSSR count). The Kier molecular flexibility index (Phi) is 6.59. The smallest absolute Gasteiger partial charge is 0.227 e. The summed E-state index contributed by atoms with van der Waals surface area (Å²) in [6.07, 6.45) is 0.623. The van der Waals surface area contributed by atoms with E-state index in [1.165, 1.54) is 0 Å². The zero-order chi connectivity index (χ0) is 21.5. The van der Waals surface area contributed by atoms with E-state index in [0.29, 0.717) is 41.9 Å². The van der Waals surface area contributed by atoms with Crippen LogP contribution < -0.4 is 14.8 Å². The van der Waals surface area contributed by atoms with Gasteiger partial charge in [0, 0.05) is 29.5 Å². The van der Waals surface area contributed by atoms with Gasteiger partial charge in [0.15, 0.2) is 0 Å². The van der Waals surface area contributed by atoms with Gasteiger partial charge in [-0.05, 0) is 66.9 Å². The molecule has 0 saturated carbocycles. The predicted octanol–water partition coefficient (Wildman–Crippen LogP) is 5.56. The molecular weight excluding hydrogens is 414 g/mol. The molecule has 1 N–H and O–H groups in total. The monoisotopic (exact) mass is 435 g/mol. The van der Waals surface area contributed by atoms with Crippen LogP contribution in [-0.2, 0) is 11.2 Å². The maximum atomic E-state index is 12.2. The van der Waals surface area contributed by atoms with E-state index in [1.807, 2.05) is 48.0 Å². The van der Waals surface area contributed by atoms with Crippen LogP contribution in [0.2, 0.25) is 0 Å². The maximum absolute atomic E-state index is 12.2. The number of hydrogen-bond donors (Lipinski definition) is 1. The highest BCUT2D eigenvalue weighted by Gasteiger charge is 2.11. The molecule has 4 aromatic rings. The van der Waals surface area contributed by atoms with E-state index in [4.69, 9.17) is 14.0 Å². The van der Waals surface area contributed by atoms with Crippen molar-refractivity contribution in [2.75, 3.05) is 11.9 Å². The summed E-state index contributed by atoms with van der Waals surface area (Å²) < 4.78 is 16.5. The van der Waals surface area contributed by atoms with Crippen LogP contribution in [0, 0.1) is 0 Å². The minimum Gasteiger partial charge on any atom is -0.494 e. The highest BCUT2D eigenvalue weighted by atomic mass is 32.1. The molecular formula is C23H21N3O4S. The Labute approximate surface area is 183 Å². The molecule has 8 heteroatoms. The van der Waals surface area contributed by atoms with Crippen LogP contribution in [0.5, 0.6) is 17.2 Å². The van der Waals surface area contributed by atoms with Crippen LogP contribution in [0.4, 0.5) is 5.69 Å². The topological polar surface area (TPSA) is 86.5 Å². The quantitative estimate of drug-likeness (QED) is 0.370. The molecule has 7 nitrogen and oxygen atoms in total. The lowest BCUT2D eigenvalue weighted by Gasteiger charge is -2.09. The summed E-state index contributed by atoms with van der Waals surface area (Å²) in [4.78, 5) is 16.6. The third-order valence-electron chi connectivity index (χ3n) is 4.32. The molecule has 2 heterocycles. The normalized spacial score (nSPS) is 10.6. The molecule has 0 atom stereocenters. The van der Waals surface area contributed by atoms with E-state index in [9.17, 15) is 4.79 Å². The maximum Gasteiger partial charge on any atom is 0.227 e. The Morgan fingerprint density at radius 2 is 1.74 bits per heavy atom. The number of aromatic nitrogens is 2. The van der Waals surface area contributed by atoms with Gasteiger partial charge in [-0.15, -0.1) is 0 Å². The number of amides is 1. The van der Waals surface area contributed by atoms with Crippen LogP contribution in [-0.4, -0.2) is 22.7 Å². The molecule has 158 valence electrons. The molecule has 0 saturated heterocycles. The number of hydrogen-bond acceptors (Lipinski definition) is 7. The van der Waals surface area contributed by atoms with Gasteiger partial charge in [-0.2, -0.15) is 16.3 Å². The van der Waals surface area contributed by atoms with Crippen LogP contribution in [0.1, 0.15) is 19.2 Å². The van der Waals surface area contributed by atoms with Crippen LogP contribution in [0.15, 0.2) is 69.9 Å². The zero-order valence-corrected chi connectivity index (χ0v) is 17.7. The third-order valence-corrected chi connectivity index (χ3v) is 5.01. The lowest BCUT2D eigenvalue weighted by Crippen LogP contribution is -2.12. The summed E-state index contributed by atoms with van der Waals surface area (Å²) in [5.41, 5.74) is 1.60. The second-order valence-corrected chi connectivity index (χ2v) is 7.38. The van der Waals surface area contributed by atoms with Gasteiger partial charge in [-0.25, -0.2) is 0 Å². The van der Waals surface area contributed by atoms with E-state index in [0.717, 1.165) is 11.3 Å². The Balaban J connectivity index is 1.26. The standard InChI is InChI=1S/C23H21N3O4S/c1-2-28-18-7-9-20(10-8-18)29-19-5-3-17(4-6-19)24-21(27)11-12-22-25-23(26-30-22)16-13-14-31-15-16/h3-10,13-15H,2,11-12H2,1H3,(H,24,27). The molecule has 1 amide bonds. The number of carbonyl (C=O) groups is 1. The number of aryl methyl sites for hydroxylation is 1. The summed E-state index contributed by atoms with van der Waals surface area (Å²) in [6.45, 7) is 2.57. The molecule has 0 fully saturated rings. The molecule has 0 aliphatic carbocycles. The van der Waals surface area contributed by atoms with Crippen molar-refractivity contribution in [3.63, 3.8) is 0 Å². The van der Waals surface area contributed by atoms with Crippen molar-refractivity contribution in [2.24, 2.45) is 0 Å². The van der Waals surface area contributed by atoms with Crippen molar-refractivity contribution >= 4 is 22.9 Å². The average molecular weight is 436 g/mol. The third kappa shape index (κ3) is 5.70. The Morgan fingerprint density at radius 3 is 2.42 bits per heavy atom. The molecule has 0 bridgehead atoms. The highest BCUT2D eigenvalue weighted by molar-refractivity contribution is 7.08. The van der Waals surface area contributed by atoms with Gasteiger partial charge in [0.25, 0.3) is 0 Å². The molecule has 0 spiro atoms. The lowest BCUT2D eigenvalue weighted by atomic mass is 10.2. The van der Waals surface area contributed by atoms with E-state index >= 15 is 0 Å². The first kappa shape index (κ1) is 20.6. The largest absolute Gasteiger partial charge is 0.494 e. The van der Waals surface area contributed by atoms with Gasteiger partial charge in [-0.1, -0.05) is 5.16 Å². The molecule has 0 aliphatic heterocycles. The lowest BCUT2D eigenvalue weighted by molar-refractivity contribution is -0.116. The van der Waals surface area contributed by atoms with Gasteiger partial charge in [0.2, 0.25) is 17.6 Å². The van der Waals surface area contributed by atoms with Crippen LogP contribution in [0.3, 0.4) is 0 Å². The minimum absolute atomic E-state index is 0.129. The zero-order valence-electron chi connectivity index (χ0n) is 16.9. The number of rotatable bonds is 9. The second kappa shape index (κ2) is 9.90. The Bertz CT molecular complexity index is 1110. The minimum atomic E-state index is -0.129. The van der Waals surface area contributed by atoms with Crippen LogP contribution >= 0.6 is 11.3 Å². The molecule has 31 heavy (non-hydrogen) atoms. The van der Waals surface area contributed by atoms with Crippen molar-refractivity contribution in [3.05, 3.63) is 71.2 Å². The summed E-state index contributed by atoms with van der Waals surface area (Å²) in [5.74, 6) is 3.04. The van der Waals surface area contributed by atoms with Crippen molar-refractivity contribution < 1.29 is 18.8 Å². The van der Waals surface area contributed by atoms with Crippen molar-refractivity contribution in [1.82, 2.24) is 10.1 Å². The summed E-state index contributed by atoms with van der Waals surface area (Å²) in [7, 11) is 0. The number of carbonyl (C=O) groups excluding carboxylic acids is 1. The fourth-order valence-electron chi connectivity index (χ4n) is 2.82. The SMILES string of the molecule is CCOc1ccc(Oc2ccc(NC(=O)CCc3nc(-c4ccsc4)no3)cc2)cc1. The number of ether oxygens (including phenoxy) is 2. The summed E-state index contributed by atoms with van der Waals surface area (Å²) >= 11 is 1.57. The molecule has 2 aromatic heterocycles. The van der Waals surface area contributed by atoms with Gasteiger partial charge < -0.3 is 19.3 Å². The van der Waals surface area contributed by atoms with Crippen molar-refractivity contribution in [3.8, 4) is 28.6 Å². The van der Waals surface area contributed by atoms with Crippen molar-refractivity contribution in [1.29, 1.82) is 0 Å². The molecule has 0 radical (unpaired) electrons. The van der Waals surface area contributed by atoms with E-state index < -0.39 is 0 Å². The van der Waals surface area contributed by atoms with Gasteiger partial charge in [-0.3, -0.25) is 4.79 Å². The molecule has 0 unspecified atom stereocenters. The first-order valence-corrected chi connectivity index (χ1v) is 10.8. The average Bonchev–Trinajstić information content (AvgIpc) is 3.47. The molecule has 2 aromatic carbocycles. The Morgan fingerprint density at radius 1 is 1.03 bits per heavy atom. The summed E-state index contributed by atoms with van der Waals surface area (Å²) in [5, 5.41) is 10.7. The second-order valence-electron chi connectivity index (χ2n) is 6.60. The van der Waals surface area contributed by atoms with Gasteiger partial charge in [0.05, 0.1) is 6.61 Å². The van der Waals surface area contributed by atoms with Crippen molar-refractivity contribution in [2.45, 2.75) is 19.8 Å². The highest BCUT2D eigenvalue weighted by Crippen LogP contribution is 2.25. The predicted molar refractivity (Wildman–Crippen MR) is 119 cm³/mol. The summed E-state index contributed by atoms with van der Waals surface area (Å²) in [6, 6.07) is 16.5. The van der Waals surface area contributed by atoms with Crippen LogP contribution in [0.25, 0.3) is 11.4 Å². The van der Waals surface area contributed by atoms with E-state index in [2.05, 4.69) is 15.5 Å². The number of benzene rings is 2. The molecule has 0 aliphatic rings. The number of thiophene rings is 1. The van der Waals surface area contributed by atoms with Gasteiger partial charge in [0.1, 0.15) is 17.2 Å². The number of nitrogens with zero attached hydrogens (tertiary/aromatic N) is 2. The fourth-order valence-corrected chi connectivity index (χ4v) is 3.46. The first-order chi connectivity index (χ1) is 15.2. The first-order valence-electron chi connectivity index (χ1n) is 9.85. The number of anilines is 1. The van der Waals surface area contributed by atoms with Gasteiger partial charge >= 0.3 is 0 Å². The van der Waals surface area contributed by atoms with E-state index in [1.54, 1.807) is 35.6 Å². The number of nitrogens with one attached hydrogen (secondary N) is 1.